The topological polar surface area (TPSA) is 50.2 Å². The number of hydrogen-bond donors (Lipinski definition) is 1. The van der Waals surface area contributed by atoms with Gasteiger partial charge in [0, 0.05) is 25.1 Å². The normalized spacial score (nSPS) is 15.9. The smallest absolute Gasteiger partial charge is 0.110 e. The first-order valence-corrected chi connectivity index (χ1v) is 6.04. The molecule has 2 heterocycles. The largest absolute Gasteiger partial charge is 0.371 e. The number of nitrogens with one attached hydrogen (secondary N) is 1. The molecule has 0 aliphatic carbocycles. The van der Waals surface area contributed by atoms with Crippen LogP contribution in [-0.2, 0) is 0 Å². The second-order valence-electron chi connectivity index (χ2n) is 4.17. The molecule has 90 valence electrons. The van der Waals surface area contributed by atoms with E-state index in [9.17, 15) is 0 Å². The van der Waals surface area contributed by atoms with Crippen LogP contribution in [0.2, 0.25) is 0 Å². The minimum Gasteiger partial charge on any atom is -0.371 e. The highest BCUT2D eigenvalue weighted by atomic mass is 15.1. The van der Waals surface area contributed by atoms with Gasteiger partial charge in [-0.1, -0.05) is 30.3 Å². The summed E-state index contributed by atoms with van der Waals surface area (Å²) in [5, 5.41) is 3.34. The van der Waals surface area contributed by atoms with E-state index < -0.39 is 0 Å². The van der Waals surface area contributed by atoms with Gasteiger partial charge in [-0.05, 0) is 5.56 Å². The van der Waals surface area contributed by atoms with E-state index in [1.807, 2.05) is 18.2 Å². The summed E-state index contributed by atoms with van der Waals surface area (Å²) in [5.74, 6) is 1.05. The van der Waals surface area contributed by atoms with Gasteiger partial charge in [-0.25, -0.2) is 0 Å². The van der Waals surface area contributed by atoms with Gasteiger partial charge in [-0.15, -0.1) is 0 Å². The highest BCUT2D eigenvalue weighted by Crippen LogP contribution is 2.24. The number of amidine groups is 1. The van der Waals surface area contributed by atoms with E-state index >= 15 is 0 Å². The molecule has 1 aromatic carbocycles. The maximum atomic E-state index is 4.53. The zero-order valence-corrected chi connectivity index (χ0v) is 9.95. The fourth-order valence-corrected chi connectivity index (χ4v) is 2.18. The summed E-state index contributed by atoms with van der Waals surface area (Å²) in [7, 11) is 0. The zero-order chi connectivity index (χ0) is 12.2. The van der Waals surface area contributed by atoms with Crippen molar-refractivity contribution in [1.82, 2.24) is 15.3 Å². The van der Waals surface area contributed by atoms with Crippen LogP contribution in [-0.4, -0.2) is 28.9 Å². The van der Waals surface area contributed by atoms with E-state index in [0.29, 0.717) is 0 Å². The van der Waals surface area contributed by atoms with Crippen molar-refractivity contribution in [2.24, 2.45) is 4.99 Å². The van der Waals surface area contributed by atoms with Crippen LogP contribution in [0, 0.1) is 0 Å². The summed E-state index contributed by atoms with van der Waals surface area (Å²) in [4.78, 5) is 13.1. The average molecular weight is 238 g/mol. The molecule has 0 radical (unpaired) electrons. The molecule has 0 saturated heterocycles. The van der Waals surface area contributed by atoms with E-state index in [-0.39, 0.29) is 5.92 Å². The lowest BCUT2D eigenvalue weighted by Gasteiger charge is -2.17. The number of rotatable bonds is 3. The minimum atomic E-state index is 0.0578. The van der Waals surface area contributed by atoms with E-state index in [1.54, 1.807) is 18.6 Å². The Morgan fingerprint density at radius 2 is 2.00 bits per heavy atom. The Hall–Kier alpha value is -2.23. The molecule has 0 amide bonds. The molecule has 1 aromatic heterocycles. The second kappa shape index (κ2) is 4.96. The maximum Gasteiger partial charge on any atom is 0.110 e. The highest BCUT2D eigenvalue weighted by molar-refractivity contribution is 5.92. The van der Waals surface area contributed by atoms with Crippen molar-refractivity contribution in [3.63, 3.8) is 0 Å². The summed E-state index contributed by atoms with van der Waals surface area (Å²) >= 11 is 0. The highest BCUT2D eigenvalue weighted by Gasteiger charge is 2.23. The summed E-state index contributed by atoms with van der Waals surface area (Å²) < 4.78 is 0. The van der Waals surface area contributed by atoms with Gasteiger partial charge < -0.3 is 5.32 Å². The third-order valence-corrected chi connectivity index (χ3v) is 2.99. The predicted octanol–water partition coefficient (Wildman–Crippen LogP) is 1.61. The number of aromatic nitrogens is 2. The van der Waals surface area contributed by atoms with Crippen molar-refractivity contribution in [3.05, 3.63) is 60.2 Å². The molecule has 1 unspecified atom stereocenters. The van der Waals surface area contributed by atoms with Gasteiger partial charge in [-0.3, -0.25) is 15.0 Å². The van der Waals surface area contributed by atoms with E-state index in [4.69, 9.17) is 0 Å². The molecule has 0 bridgehead atoms. The lowest BCUT2D eigenvalue weighted by molar-refractivity contribution is 0.908. The van der Waals surface area contributed by atoms with Crippen molar-refractivity contribution >= 4 is 5.84 Å². The van der Waals surface area contributed by atoms with Crippen LogP contribution in [0.1, 0.15) is 17.2 Å². The van der Waals surface area contributed by atoms with Gasteiger partial charge in [0.2, 0.25) is 0 Å². The average Bonchev–Trinajstić information content (AvgIpc) is 2.95. The minimum absolute atomic E-state index is 0.0578. The van der Waals surface area contributed by atoms with Gasteiger partial charge in [-0.2, -0.15) is 0 Å². The first-order chi connectivity index (χ1) is 8.95. The second-order valence-corrected chi connectivity index (χ2v) is 4.17. The van der Waals surface area contributed by atoms with Crippen LogP contribution in [0.4, 0.5) is 0 Å². The molecule has 18 heavy (non-hydrogen) atoms. The van der Waals surface area contributed by atoms with E-state index in [0.717, 1.165) is 24.6 Å². The van der Waals surface area contributed by atoms with Crippen LogP contribution in [0.5, 0.6) is 0 Å². The third-order valence-electron chi connectivity index (χ3n) is 2.99. The van der Waals surface area contributed by atoms with Gasteiger partial charge in [0.05, 0.1) is 18.2 Å². The molecule has 1 aliphatic rings. The SMILES string of the molecule is c1ccc(C(C2=NCCN2)c2cnccn2)cc1. The monoisotopic (exact) mass is 238 g/mol. The van der Waals surface area contributed by atoms with Crippen LogP contribution in [0.3, 0.4) is 0 Å². The summed E-state index contributed by atoms with van der Waals surface area (Å²) in [5.41, 5.74) is 2.11. The molecule has 0 spiro atoms. The molecule has 2 aromatic rings. The number of hydrogen-bond acceptors (Lipinski definition) is 4. The quantitative estimate of drug-likeness (QED) is 0.883. The summed E-state index contributed by atoms with van der Waals surface area (Å²) in [6.07, 6.45) is 5.22. The van der Waals surface area contributed by atoms with E-state index in [1.165, 1.54) is 5.56 Å². The van der Waals surface area contributed by atoms with Gasteiger partial charge in [0.25, 0.3) is 0 Å². The fourth-order valence-electron chi connectivity index (χ4n) is 2.18. The molecule has 0 fully saturated rings. The maximum absolute atomic E-state index is 4.53. The van der Waals surface area contributed by atoms with Crippen molar-refractivity contribution in [3.8, 4) is 0 Å². The Kier molecular flexibility index (Phi) is 3.00. The van der Waals surface area contributed by atoms with Crippen molar-refractivity contribution in [2.75, 3.05) is 13.1 Å². The van der Waals surface area contributed by atoms with Crippen LogP contribution >= 0.6 is 0 Å². The van der Waals surface area contributed by atoms with Crippen molar-refractivity contribution < 1.29 is 0 Å². The first-order valence-electron chi connectivity index (χ1n) is 6.04. The van der Waals surface area contributed by atoms with Crippen molar-refractivity contribution in [1.29, 1.82) is 0 Å². The molecule has 1 N–H and O–H groups in total. The van der Waals surface area contributed by atoms with E-state index in [2.05, 4.69) is 32.4 Å². The van der Waals surface area contributed by atoms with Gasteiger partial charge in [0.15, 0.2) is 0 Å². The van der Waals surface area contributed by atoms with Gasteiger partial charge in [0.1, 0.15) is 5.84 Å². The fraction of sp³-hybridized carbons (Fsp3) is 0.214. The summed E-state index contributed by atoms with van der Waals surface area (Å²) in [6.45, 7) is 1.73. The van der Waals surface area contributed by atoms with Crippen molar-refractivity contribution in [2.45, 2.75) is 5.92 Å². The third kappa shape index (κ3) is 2.09. The molecular formula is C14H14N4. The number of nitrogens with zero attached hydrogens (tertiary/aromatic N) is 3. The molecular weight excluding hydrogens is 224 g/mol. The molecule has 4 nitrogen and oxygen atoms in total. The Morgan fingerprint density at radius 1 is 1.11 bits per heavy atom. The zero-order valence-electron chi connectivity index (χ0n) is 9.95. The summed E-state index contributed by atoms with van der Waals surface area (Å²) in [6, 6.07) is 10.3. The Bertz CT molecular complexity index is 497. The van der Waals surface area contributed by atoms with Gasteiger partial charge >= 0.3 is 0 Å². The molecule has 0 saturated carbocycles. The first kappa shape index (κ1) is 10.9. The Labute approximate surface area is 106 Å². The van der Waals surface area contributed by atoms with Crippen LogP contribution in [0.25, 0.3) is 0 Å². The van der Waals surface area contributed by atoms with Crippen LogP contribution in [0.15, 0.2) is 53.9 Å². The molecule has 1 atom stereocenters. The van der Waals surface area contributed by atoms with Crippen LogP contribution < -0.4 is 5.32 Å². The lowest BCUT2D eigenvalue weighted by atomic mass is 9.94. The standard InChI is InChI=1S/C14H14N4/c1-2-4-11(5-3-1)13(14-17-8-9-18-14)12-10-15-6-7-16-12/h1-7,10,13H,8-9H2,(H,17,18). The Balaban J connectivity index is 2.04. The Morgan fingerprint density at radius 3 is 2.67 bits per heavy atom. The molecule has 4 heteroatoms. The molecule has 3 rings (SSSR count). The number of benzene rings is 1. The molecule has 1 aliphatic heterocycles. The predicted molar refractivity (Wildman–Crippen MR) is 70.6 cm³/mol. The number of aliphatic imine (C=N–C) groups is 1. The lowest BCUT2D eigenvalue weighted by Crippen LogP contribution is -2.27.